The van der Waals surface area contributed by atoms with Crippen molar-refractivity contribution in [3.8, 4) is 5.75 Å². The van der Waals surface area contributed by atoms with Gasteiger partial charge < -0.3 is 10.1 Å². The van der Waals surface area contributed by atoms with Gasteiger partial charge in [-0.15, -0.1) is 0 Å². The number of benzene rings is 1. The number of carbonyl (C=O) groups is 1. The fraction of sp³-hybridized carbons (Fsp3) is 0.400. The van der Waals surface area contributed by atoms with E-state index in [1.807, 2.05) is 23.7 Å². The Bertz CT molecular complexity index is 665. The molecule has 0 aliphatic carbocycles. The van der Waals surface area contributed by atoms with E-state index in [0.717, 1.165) is 24.5 Å². The van der Waals surface area contributed by atoms with Crippen molar-refractivity contribution in [2.45, 2.75) is 32.4 Å². The van der Waals surface area contributed by atoms with E-state index in [9.17, 15) is 4.79 Å². The SMILES string of the molecule is COc1cccc(C(=O)NC2CCc3nc(C)nn3C2)c1. The van der Waals surface area contributed by atoms with Crippen LogP contribution in [-0.2, 0) is 13.0 Å². The Morgan fingerprint density at radius 2 is 2.33 bits per heavy atom. The van der Waals surface area contributed by atoms with E-state index in [-0.39, 0.29) is 11.9 Å². The van der Waals surface area contributed by atoms with Crippen molar-refractivity contribution in [2.24, 2.45) is 0 Å². The van der Waals surface area contributed by atoms with E-state index in [1.165, 1.54) is 0 Å². The molecule has 110 valence electrons. The van der Waals surface area contributed by atoms with Gasteiger partial charge in [0.1, 0.15) is 17.4 Å². The molecule has 2 aromatic rings. The maximum absolute atomic E-state index is 12.3. The minimum Gasteiger partial charge on any atom is -0.497 e. The van der Waals surface area contributed by atoms with Crippen LogP contribution in [0.25, 0.3) is 0 Å². The number of rotatable bonds is 3. The fourth-order valence-corrected chi connectivity index (χ4v) is 2.58. The van der Waals surface area contributed by atoms with E-state index in [1.54, 1.807) is 19.2 Å². The van der Waals surface area contributed by atoms with Crippen LogP contribution in [0.15, 0.2) is 24.3 Å². The summed E-state index contributed by atoms with van der Waals surface area (Å²) in [7, 11) is 1.59. The van der Waals surface area contributed by atoms with Crippen LogP contribution >= 0.6 is 0 Å². The van der Waals surface area contributed by atoms with Gasteiger partial charge in [-0.3, -0.25) is 4.79 Å². The molecule has 1 unspecified atom stereocenters. The minimum absolute atomic E-state index is 0.0808. The summed E-state index contributed by atoms with van der Waals surface area (Å²) in [5.74, 6) is 2.38. The highest BCUT2D eigenvalue weighted by Gasteiger charge is 2.22. The lowest BCUT2D eigenvalue weighted by Crippen LogP contribution is -2.41. The summed E-state index contributed by atoms with van der Waals surface area (Å²) in [6, 6.07) is 7.24. The summed E-state index contributed by atoms with van der Waals surface area (Å²) >= 11 is 0. The zero-order chi connectivity index (χ0) is 14.8. The maximum atomic E-state index is 12.3. The normalized spacial score (nSPS) is 17.1. The molecule has 0 spiro atoms. The lowest BCUT2D eigenvalue weighted by Gasteiger charge is -2.23. The Morgan fingerprint density at radius 3 is 3.14 bits per heavy atom. The highest BCUT2D eigenvalue weighted by molar-refractivity contribution is 5.94. The van der Waals surface area contributed by atoms with E-state index in [2.05, 4.69) is 15.4 Å². The highest BCUT2D eigenvalue weighted by atomic mass is 16.5. The predicted octanol–water partition coefficient (Wildman–Crippen LogP) is 1.34. The molecule has 0 saturated carbocycles. The largest absolute Gasteiger partial charge is 0.497 e. The third-order valence-electron chi connectivity index (χ3n) is 3.63. The molecule has 1 aliphatic rings. The average Bonchev–Trinajstić information content (AvgIpc) is 2.86. The summed E-state index contributed by atoms with van der Waals surface area (Å²) in [6.07, 6.45) is 1.72. The molecule has 21 heavy (non-hydrogen) atoms. The molecule has 6 nitrogen and oxygen atoms in total. The van der Waals surface area contributed by atoms with Crippen molar-refractivity contribution in [1.82, 2.24) is 20.1 Å². The molecule has 1 N–H and O–H groups in total. The zero-order valence-corrected chi connectivity index (χ0v) is 12.2. The molecular weight excluding hydrogens is 268 g/mol. The first-order valence-corrected chi connectivity index (χ1v) is 7.01. The molecule has 0 bridgehead atoms. The number of hydrogen-bond acceptors (Lipinski definition) is 4. The Balaban J connectivity index is 1.68. The summed E-state index contributed by atoms with van der Waals surface area (Å²) < 4.78 is 7.03. The van der Waals surface area contributed by atoms with Crippen molar-refractivity contribution in [3.63, 3.8) is 0 Å². The molecule has 2 heterocycles. The molecular formula is C15H18N4O2. The van der Waals surface area contributed by atoms with Gasteiger partial charge in [-0.05, 0) is 31.5 Å². The fourth-order valence-electron chi connectivity index (χ4n) is 2.58. The third kappa shape index (κ3) is 2.89. The van der Waals surface area contributed by atoms with Crippen molar-refractivity contribution >= 4 is 5.91 Å². The third-order valence-corrected chi connectivity index (χ3v) is 3.63. The first-order chi connectivity index (χ1) is 10.2. The molecule has 1 atom stereocenters. The van der Waals surface area contributed by atoms with Gasteiger partial charge in [-0.25, -0.2) is 9.67 Å². The smallest absolute Gasteiger partial charge is 0.251 e. The van der Waals surface area contributed by atoms with E-state index >= 15 is 0 Å². The van der Waals surface area contributed by atoms with Crippen molar-refractivity contribution in [3.05, 3.63) is 41.5 Å². The molecule has 0 fully saturated rings. The molecule has 3 rings (SSSR count). The quantitative estimate of drug-likeness (QED) is 0.924. The Kier molecular flexibility index (Phi) is 3.60. The summed E-state index contributed by atoms with van der Waals surface area (Å²) in [5, 5.41) is 7.40. The van der Waals surface area contributed by atoms with Gasteiger partial charge in [0.25, 0.3) is 5.91 Å². The van der Waals surface area contributed by atoms with Crippen LogP contribution in [-0.4, -0.2) is 33.8 Å². The number of aryl methyl sites for hydroxylation is 2. The number of nitrogens with one attached hydrogen (secondary N) is 1. The number of fused-ring (bicyclic) bond motifs is 1. The first kappa shape index (κ1) is 13.6. The first-order valence-electron chi connectivity index (χ1n) is 7.01. The number of nitrogens with zero attached hydrogens (tertiary/aromatic N) is 3. The van der Waals surface area contributed by atoms with Crippen molar-refractivity contribution in [2.75, 3.05) is 7.11 Å². The summed E-state index contributed by atoms with van der Waals surface area (Å²) in [4.78, 5) is 16.7. The van der Waals surface area contributed by atoms with Crippen LogP contribution in [0.3, 0.4) is 0 Å². The lowest BCUT2D eigenvalue weighted by atomic mass is 10.1. The number of amides is 1. The van der Waals surface area contributed by atoms with Crippen LogP contribution < -0.4 is 10.1 Å². The number of carbonyl (C=O) groups excluding carboxylic acids is 1. The van der Waals surface area contributed by atoms with Gasteiger partial charge >= 0.3 is 0 Å². The molecule has 1 amide bonds. The second kappa shape index (κ2) is 5.55. The molecule has 1 aliphatic heterocycles. The summed E-state index contributed by atoms with van der Waals surface area (Å²) in [6.45, 7) is 2.56. The standard InChI is InChI=1S/C15H18N4O2/c1-10-16-14-7-6-12(9-19(14)18-10)17-15(20)11-4-3-5-13(8-11)21-2/h3-5,8,12H,6-7,9H2,1-2H3,(H,17,20). The van der Waals surface area contributed by atoms with Crippen LogP contribution in [0.5, 0.6) is 5.75 Å². The predicted molar refractivity (Wildman–Crippen MR) is 77.3 cm³/mol. The van der Waals surface area contributed by atoms with E-state index < -0.39 is 0 Å². The second-order valence-corrected chi connectivity index (χ2v) is 5.20. The number of methoxy groups -OCH3 is 1. The Labute approximate surface area is 123 Å². The maximum Gasteiger partial charge on any atom is 0.251 e. The molecule has 1 aromatic carbocycles. The van der Waals surface area contributed by atoms with Gasteiger partial charge in [0.15, 0.2) is 0 Å². The number of aromatic nitrogens is 3. The van der Waals surface area contributed by atoms with Gasteiger partial charge in [-0.2, -0.15) is 5.10 Å². The summed E-state index contributed by atoms with van der Waals surface area (Å²) in [5.41, 5.74) is 0.606. The Morgan fingerprint density at radius 1 is 1.48 bits per heavy atom. The lowest BCUT2D eigenvalue weighted by molar-refractivity contribution is 0.0926. The monoisotopic (exact) mass is 286 g/mol. The van der Waals surface area contributed by atoms with Crippen LogP contribution in [0.2, 0.25) is 0 Å². The number of hydrogen-bond donors (Lipinski definition) is 1. The Hall–Kier alpha value is -2.37. The number of ether oxygens (including phenoxy) is 1. The van der Waals surface area contributed by atoms with Gasteiger partial charge in [0.05, 0.1) is 13.7 Å². The van der Waals surface area contributed by atoms with Gasteiger partial charge in [0, 0.05) is 18.0 Å². The van der Waals surface area contributed by atoms with Crippen LogP contribution in [0, 0.1) is 6.92 Å². The van der Waals surface area contributed by atoms with Gasteiger partial charge in [-0.1, -0.05) is 6.07 Å². The van der Waals surface area contributed by atoms with Gasteiger partial charge in [0.2, 0.25) is 0 Å². The molecule has 0 saturated heterocycles. The highest BCUT2D eigenvalue weighted by Crippen LogP contribution is 2.15. The van der Waals surface area contributed by atoms with Crippen molar-refractivity contribution in [1.29, 1.82) is 0 Å². The molecule has 1 aromatic heterocycles. The minimum atomic E-state index is -0.0841. The molecule has 6 heteroatoms. The van der Waals surface area contributed by atoms with Crippen LogP contribution in [0.4, 0.5) is 0 Å². The van der Waals surface area contributed by atoms with Crippen LogP contribution in [0.1, 0.15) is 28.4 Å². The topological polar surface area (TPSA) is 69.0 Å². The van der Waals surface area contributed by atoms with E-state index in [4.69, 9.17) is 4.74 Å². The zero-order valence-electron chi connectivity index (χ0n) is 12.2. The second-order valence-electron chi connectivity index (χ2n) is 5.20. The van der Waals surface area contributed by atoms with Crippen molar-refractivity contribution < 1.29 is 9.53 Å². The average molecular weight is 286 g/mol. The van der Waals surface area contributed by atoms with E-state index in [0.29, 0.717) is 17.9 Å². The molecule has 0 radical (unpaired) electrons.